The van der Waals surface area contributed by atoms with E-state index < -0.39 is 7.60 Å². The number of hydrogen-bond donors (Lipinski definition) is 0. The van der Waals surface area contributed by atoms with Crippen LogP contribution in [0, 0.1) is 0 Å². The summed E-state index contributed by atoms with van der Waals surface area (Å²) in [7, 11) is -3.07. The van der Waals surface area contributed by atoms with E-state index >= 15 is 0 Å². The Morgan fingerprint density at radius 3 is 2.50 bits per heavy atom. The van der Waals surface area contributed by atoms with E-state index in [9.17, 15) is 4.57 Å². The van der Waals surface area contributed by atoms with E-state index in [-0.39, 0.29) is 6.16 Å². The maximum Gasteiger partial charge on any atom is 0.336 e. The SMILES string of the molecule is CCOP(=O)(Cc1cnon1)OCC. The molecule has 1 heterocycles. The quantitative estimate of drug-likeness (QED) is 0.681. The molecule has 14 heavy (non-hydrogen) atoms. The van der Waals surface area contributed by atoms with Gasteiger partial charge < -0.3 is 9.05 Å². The molecule has 0 fully saturated rings. The molecular formula is C7H13N2O4P. The number of nitrogens with zero attached hydrogens (tertiary/aromatic N) is 2. The molecule has 0 saturated carbocycles. The summed E-state index contributed by atoms with van der Waals surface area (Å²) in [4.78, 5) is 0. The summed E-state index contributed by atoms with van der Waals surface area (Å²) in [5.74, 6) is 0. The Hall–Kier alpha value is -0.710. The predicted molar refractivity (Wildman–Crippen MR) is 48.9 cm³/mol. The molecule has 6 nitrogen and oxygen atoms in total. The fourth-order valence-electron chi connectivity index (χ4n) is 0.974. The van der Waals surface area contributed by atoms with Gasteiger partial charge in [0.2, 0.25) is 0 Å². The highest BCUT2D eigenvalue weighted by atomic mass is 31.2. The fourth-order valence-corrected chi connectivity index (χ4v) is 2.55. The molecule has 0 bridgehead atoms. The van der Waals surface area contributed by atoms with Crippen LogP contribution in [-0.2, 0) is 19.8 Å². The van der Waals surface area contributed by atoms with Gasteiger partial charge in [-0.05, 0) is 13.8 Å². The smallest absolute Gasteiger partial charge is 0.309 e. The summed E-state index contributed by atoms with van der Waals surface area (Å²) < 4.78 is 26.4. The van der Waals surface area contributed by atoms with E-state index in [4.69, 9.17) is 9.05 Å². The van der Waals surface area contributed by atoms with Gasteiger partial charge in [-0.25, -0.2) is 4.63 Å². The van der Waals surface area contributed by atoms with Gasteiger partial charge in [0.25, 0.3) is 0 Å². The zero-order chi connectivity index (χ0) is 10.4. The Morgan fingerprint density at radius 1 is 1.43 bits per heavy atom. The van der Waals surface area contributed by atoms with Gasteiger partial charge in [-0.1, -0.05) is 10.3 Å². The van der Waals surface area contributed by atoms with Crippen LogP contribution >= 0.6 is 7.60 Å². The first-order valence-electron chi connectivity index (χ1n) is 4.34. The minimum atomic E-state index is -3.07. The van der Waals surface area contributed by atoms with Crippen LogP contribution in [0.2, 0.25) is 0 Å². The lowest BCUT2D eigenvalue weighted by molar-refractivity contribution is 0.218. The van der Waals surface area contributed by atoms with E-state index in [1.165, 1.54) is 6.20 Å². The van der Waals surface area contributed by atoms with Crippen molar-refractivity contribution < 1.29 is 18.2 Å². The zero-order valence-electron chi connectivity index (χ0n) is 8.17. The largest absolute Gasteiger partial charge is 0.336 e. The van der Waals surface area contributed by atoms with E-state index in [0.717, 1.165) is 0 Å². The van der Waals surface area contributed by atoms with Gasteiger partial charge in [-0.15, -0.1) is 0 Å². The average Bonchev–Trinajstić information content (AvgIpc) is 2.57. The lowest BCUT2D eigenvalue weighted by atomic mass is 10.6. The third-order valence-corrected chi connectivity index (χ3v) is 3.43. The molecule has 1 aromatic rings. The van der Waals surface area contributed by atoms with Crippen LogP contribution in [0.5, 0.6) is 0 Å². The Balaban J connectivity index is 2.64. The lowest BCUT2D eigenvalue weighted by Crippen LogP contribution is -1.99. The van der Waals surface area contributed by atoms with Crippen molar-refractivity contribution in [3.05, 3.63) is 11.9 Å². The molecular weight excluding hydrogens is 207 g/mol. The lowest BCUT2D eigenvalue weighted by Gasteiger charge is -2.14. The standard InChI is InChI=1S/C7H13N2O4P/c1-3-11-14(10,12-4-2)6-7-5-8-13-9-7/h5H,3-4,6H2,1-2H3. The first-order valence-corrected chi connectivity index (χ1v) is 6.07. The van der Waals surface area contributed by atoms with Crippen LogP contribution in [0.3, 0.4) is 0 Å². The highest BCUT2D eigenvalue weighted by molar-refractivity contribution is 7.53. The van der Waals surface area contributed by atoms with Crippen LogP contribution in [0.1, 0.15) is 19.5 Å². The molecule has 0 aliphatic heterocycles. The highest BCUT2D eigenvalue weighted by Crippen LogP contribution is 2.50. The Bertz CT molecular complexity index is 291. The van der Waals surface area contributed by atoms with Crippen molar-refractivity contribution in [1.29, 1.82) is 0 Å². The second-order valence-electron chi connectivity index (χ2n) is 2.50. The van der Waals surface area contributed by atoms with Crippen LogP contribution < -0.4 is 0 Å². The van der Waals surface area contributed by atoms with Crippen molar-refractivity contribution in [2.45, 2.75) is 20.0 Å². The van der Waals surface area contributed by atoms with Gasteiger partial charge >= 0.3 is 7.60 Å². The van der Waals surface area contributed by atoms with Gasteiger partial charge in [0, 0.05) is 0 Å². The summed E-state index contributed by atoms with van der Waals surface area (Å²) in [6, 6.07) is 0. The van der Waals surface area contributed by atoms with Crippen LogP contribution in [-0.4, -0.2) is 23.5 Å². The van der Waals surface area contributed by atoms with Gasteiger partial charge in [0.05, 0.1) is 25.6 Å². The van der Waals surface area contributed by atoms with Crippen molar-refractivity contribution in [3.8, 4) is 0 Å². The molecule has 7 heteroatoms. The summed E-state index contributed by atoms with van der Waals surface area (Å²) in [5.41, 5.74) is 0.468. The minimum absolute atomic E-state index is 0.0954. The normalized spacial score (nSPS) is 11.9. The van der Waals surface area contributed by atoms with Crippen LogP contribution in [0.25, 0.3) is 0 Å². The van der Waals surface area contributed by atoms with Gasteiger partial charge in [0.1, 0.15) is 5.69 Å². The second kappa shape index (κ2) is 5.24. The zero-order valence-corrected chi connectivity index (χ0v) is 9.07. The molecule has 1 aromatic heterocycles. The van der Waals surface area contributed by atoms with Gasteiger partial charge in [-0.3, -0.25) is 4.57 Å². The molecule has 0 saturated heterocycles. The van der Waals surface area contributed by atoms with Gasteiger partial charge in [0.15, 0.2) is 0 Å². The molecule has 0 aliphatic carbocycles. The maximum absolute atomic E-state index is 11.9. The van der Waals surface area contributed by atoms with E-state index in [1.54, 1.807) is 13.8 Å². The van der Waals surface area contributed by atoms with Crippen molar-refractivity contribution in [1.82, 2.24) is 10.3 Å². The van der Waals surface area contributed by atoms with E-state index in [1.807, 2.05) is 0 Å². The number of rotatable bonds is 6. The maximum atomic E-state index is 11.9. The highest BCUT2D eigenvalue weighted by Gasteiger charge is 2.25. The van der Waals surface area contributed by atoms with Gasteiger partial charge in [-0.2, -0.15) is 0 Å². The second-order valence-corrected chi connectivity index (χ2v) is 4.56. The summed E-state index contributed by atoms with van der Waals surface area (Å²) in [5, 5.41) is 6.96. The Labute approximate surface area is 82.1 Å². The molecule has 80 valence electrons. The van der Waals surface area contributed by atoms with Crippen LogP contribution in [0.15, 0.2) is 10.8 Å². The van der Waals surface area contributed by atoms with E-state index in [0.29, 0.717) is 18.9 Å². The topological polar surface area (TPSA) is 74.5 Å². The molecule has 1 rings (SSSR count). The molecule has 0 N–H and O–H groups in total. The minimum Gasteiger partial charge on any atom is -0.309 e. The summed E-state index contributed by atoms with van der Waals surface area (Å²) in [6.45, 7) is 4.19. The predicted octanol–water partition coefficient (Wildman–Crippen LogP) is 1.84. The number of aromatic nitrogens is 2. The first kappa shape index (κ1) is 11.4. The first-order chi connectivity index (χ1) is 6.70. The number of hydrogen-bond acceptors (Lipinski definition) is 6. The molecule has 0 atom stereocenters. The monoisotopic (exact) mass is 220 g/mol. The fraction of sp³-hybridized carbons (Fsp3) is 0.714. The van der Waals surface area contributed by atoms with Crippen molar-refractivity contribution in [3.63, 3.8) is 0 Å². The molecule has 0 unspecified atom stereocenters. The third kappa shape index (κ3) is 3.21. The Kier molecular flexibility index (Phi) is 4.25. The Morgan fingerprint density at radius 2 is 2.07 bits per heavy atom. The average molecular weight is 220 g/mol. The summed E-state index contributed by atoms with van der Waals surface area (Å²) in [6.07, 6.45) is 1.49. The molecule has 0 spiro atoms. The molecule has 0 aliphatic rings. The van der Waals surface area contributed by atoms with Crippen LogP contribution in [0.4, 0.5) is 0 Å². The molecule has 0 radical (unpaired) electrons. The van der Waals surface area contributed by atoms with Crippen molar-refractivity contribution >= 4 is 7.60 Å². The van der Waals surface area contributed by atoms with E-state index in [2.05, 4.69) is 14.9 Å². The third-order valence-electron chi connectivity index (χ3n) is 1.41. The molecule has 0 amide bonds. The molecule has 0 aromatic carbocycles. The van der Waals surface area contributed by atoms with Crippen molar-refractivity contribution in [2.24, 2.45) is 0 Å². The summed E-state index contributed by atoms with van der Waals surface area (Å²) >= 11 is 0. The van der Waals surface area contributed by atoms with Crippen molar-refractivity contribution in [2.75, 3.05) is 13.2 Å².